The molecular formula is C39H54N4O8. The molecule has 0 saturated carbocycles. The van der Waals surface area contributed by atoms with E-state index in [2.05, 4.69) is 10.6 Å². The van der Waals surface area contributed by atoms with Crippen molar-refractivity contribution in [3.63, 3.8) is 0 Å². The van der Waals surface area contributed by atoms with E-state index in [4.69, 9.17) is 14.2 Å². The summed E-state index contributed by atoms with van der Waals surface area (Å²) in [5.41, 5.74) is 0.564. The summed E-state index contributed by atoms with van der Waals surface area (Å²) in [5, 5.41) is 5.82. The number of likely N-dealkylation sites (tertiary alicyclic amines) is 2. The monoisotopic (exact) mass is 706 g/mol. The van der Waals surface area contributed by atoms with E-state index in [9.17, 15) is 24.0 Å². The number of alkyl carbamates (subject to hydrolysis) is 1. The molecule has 2 saturated heterocycles. The maximum absolute atomic E-state index is 14.2. The Morgan fingerprint density at radius 2 is 1.37 bits per heavy atom. The van der Waals surface area contributed by atoms with Crippen LogP contribution in [0, 0.1) is 0 Å². The van der Waals surface area contributed by atoms with Crippen molar-refractivity contribution in [1.82, 2.24) is 20.4 Å². The van der Waals surface area contributed by atoms with Crippen LogP contribution >= 0.6 is 0 Å². The van der Waals surface area contributed by atoms with E-state index < -0.39 is 47.7 Å². The second-order valence-corrected chi connectivity index (χ2v) is 15.3. The zero-order chi connectivity index (χ0) is 37.3. The molecule has 2 N–H and O–H groups in total. The molecule has 0 aliphatic carbocycles. The lowest BCUT2D eigenvalue weighted by atomic mass is 10.0. The van der Waals surface area contributed by atoms with Crippen molar-refractivity contribution in [2.75, 3.05) is 20.2 Å². The average Bonchev–Trinajstić information content (AvgIpc) is 3.74. The van der Waals surface area contributed by atoms with Gasteiger partial charge in [-0.15, -0.1) is 0 Å². The largest absolute Gasteiger partial charge is 0.488 e. The molecule has 12 nitrogen and oxygen atoms in total. The number of amides is 4. The Bertz CT molecular complexity index is 1520. The molecule has 12 heteroatoms. The molecule has 0 radical (unpaired) electrons. The van der Waals surface area contributed by atoms with Crippen LogP contribution in [0.4, 0.5) is 4.79 Å². The van der Waals surface area contributed by atoms with Gasteiger partial charge in [0.1, 0.15) is 35.1 Å². The van der Waals surface area contributed by atoms with Gasteiger partial charge in [-0.25, -0.2) is 9.59 Å². The molecule has 2 aliphatic rings. The highest BCUT2D eigenvalue weighted by molar-refractivity contribution is 5.92. The van der Waals surface area contributed by atoms with Crippen LogP contribution in [0.5, 0.6) is 5.75 Å². The van der Waals surface area contributed by atoms with Crippen LogP contribution in [0.2, 0.25) is 0 Å². The molecule has 0 unspecified atom stereocenters. The van der Waals surface area contributed by atoms with Crippen molar-refractivity contribution in [3.05, 3.63) is 65.7 Å². The maximum atomic E-state index is 14.2. The minimum atomic E-state index is -1.00. The number of carbonyl (C=O) groups excluding carboxylic acids is 5. The first-order chi connectivity index (χ1) is 24.0. The molecule has 51 heavy (non-hydrogen) atoms. The van der Waals surface area contributed by atoms with E-state index in [-0.39, 0.29) is 30.3 Å². The third-order valence-corrected chi connectivity index (χ3v) is 8.75. The van der Waals surface area contributed by atoms with Gasteiger partial charge in [-0.05, 0) is 96.9 Å². The summed E-state index contributed by atoms with van der Waals surface area (Å²) in [6, 6.07) is 13.8. The number of hydrogen-bond donors (Lipinski definition) is 2. The van der Waals surface area contributed by atoms with Gasteiger partial charge >= 0.3 is 12.1 Å². The second-order valence-electron chi connectivity index (χ2n) is 15.3. The van der Waals surface area contributed by atoms with Gasteiger partial charge < -0.3 is 34.6 Å². The van der Waals surface area contributed by atoms with Crippen LogP contribution < -0.4 is 15.4 Å². The van der Waals surface area contributed by atoms with E-state index in [1.54, 1.807) is 20.8 Å². The predicted octanol–water partition coefficient (Wildman–Crippen LogP) is 4.57. The number of ether oxygens (including phenoxy) is 3. The van der Waals surface area contributed by atoms with E-state index in [1.807, 2.05) is 75.4 Å². The fourth-order valence-corrected chi connectivity index (χ4v) is 6.58. The molecule has 278 valence electrons. The third-order valence-electron chi connectivity index (χ3n) is 8.75. The molecule has 4 amide bonds. The fraction of sp³-hybridized carbons (Fsp3) is 0.564. The molecule has 2 fully saturated rings. The minimum absolute atomic E-state index is 0.0213. The topological polar surface area (TPSA) is 144 Å². The molecule has 4 rings (SSSR count). The Balaban J connectivity index is 1.52. The Hall–Kier alpha value is -4.61. The number of benzene rings is 2. The van der Waals surface area contributed by atoms with Crippen LogP contribution in [0.15, 0.2) is 54.6 Å². The fourth-order valence-electron chi connectivity index (χ4n) is 6.58. The van der Waals surface area contributed by atoms with Gasteiger partial charge in [0, 0.05) is 32.0 Å². The summed E-state index contributed by atoms with van der Waals surface area (Å²) in [7, 11) is 1.31. The van der Waals surface area contributed by atoms with Gasteiger partial charge in [-0.1, -0.05) is 42.5 Å². The number of methoxy groups -OCH3 is 1. The van der Waals surface area contributed by atoms with Gasteiger partial charge in [0.25, 0.3) is 0 Å². The smallest absolute Gasteiger partial charge is 0.408 e. The van der Waals surface area contributed by atoms with Crippen LogP contribution in [0.25, 0.3) is 0 Å². The molecule has 0 bridgehead atoms. The molecule has 4 atom stereocenters. The summed E-state index contributed by atoms with van der Waals surface area (Å²) >= 11 is 0. The molecule has 2 aromatic rings. The number of carbonyl (C=O) groups is 5. The number of esters is 1. The summed E-state index contributed by atoms with van der Waals surface area (Å²) < 4.78 is 16.4. The van der Waals surface area contributed by atoms with Crippen molar-refractivity contribution in [2.24, 2.45) is 0 Å². The zero-order valence-electron chi connectivity index (χ0n) is 31.0. The van der Waals surface area contributed by atoms with Gasteiger partial charge in [0.2, 0.25) is 17.7 Å². The second kappa shape index (κ2) is 17.1. The molecule has 0 spiro atoms. The summed E-state index contributed by atoms with van der Waals surface area (Å²) in [5.74, 6) is -0.792. The lowest BCUT2D eigenvalue weighted by Gasteiger charge is -2.31. The Labute approximate surface area is 301 Å². The van der Waals surface area contributed by atoms with Gasteiger partial charge in [-0.3, -0.25) is 14.4 Å². The van der Waals surface area contributed by atoms with Crippen molar-refractivity contribution < 1.29 is 38.2 Å². The van der Waals surface area contributed by atoms with Crippen LogP contribution in [-0.2, 0) is 41.5 Å². The first-order valence-electron chi connectivity index (χ1n) is 17.8. The minimum Gasteiger partial charge on any atom is -0.488 e. The van der Waals surface area contributed by atoms with Gasteiger partial charge in [-0.2, -0.15) is 0 Å². The van der Waals surface area contributed by atoms with Crippen molar-refractivity contribution in [3.8, 4) is 5.75 Å². The lowest BCUT2D eigenvalue weighted by molar-refractivity contribution is -0.151. The SMILES string of the molecule is COC(=O)[C@@H]1CCCN1C(=O)C[C@H](Cc1ccccc1)NC(=O)[C@@H]1CCCN1C(=O)[C@H](Cc1ccc(OC(C)(C)C)cc1)NC(=O)OC(C)(C)C. The number of hydrogen-bond acceptors (Lipinski definition) is 8. The zero-order valence-corrected chi connectivity index (χ0v) is 31.0. The van der Waals surface area contributed by atoms with Crippen LogP contribution in [0.1, 0.15) is 84.8 Å². The van der Waals surface area contributed by atoms with Gasteiger partial charge in [0.15, 0.2) is 0 Å². The predicted molar refractivity (Wildman–Crippen MR) is 192 cm³/mol. The Kier molecular flexibility index (Phi) is 13.1. The summed E-state index contributed by atoms with van der Waals surface area (Å²) in [6.07, 6.45) is 2.04. The molecule has 2 heterocycles. The Morgan fingerprint density at radius 3 is 1.98 bits per heavy atom. The highest BCUT2D eigenvalue weighted by Gasteiger charge is 2.40. The average molecular weight is 707 g/mol. The van der Waals surface area contributed by atoms with E-state index in [1.165, 1.54) is 16.9 Å². The highest BCUT2D eigenvalue weighted by atomic mass is 16.6. The highest BCUT2D eigenvalue weighted by Crippen LogP contribution is 2.24. The van der Waals surface area contributed by atoms with Crippen LogP contribution in [0.3, 0.4) is 0 Å². The number of nitrogens with zero attached hydrogens (tertiary/aromatic N) is 2. The van der Waals surface area contributed by atoms with Gasteiger partial charge in [0.05, 0.1) is 7.11 Å². The van der Waals surface area contributed by atoms with E-state index >= 15 is 0 Å². The van der Waals surface area contributed by atoms with Crippen molar-refractivity contribution in [2.45, 2.75) is 122 Å². The van der Waals surface area contributed by atoms with E-state index in [0.717, 1.165) is 11.1 Å². The number of nitrogens with one attached hydrogen (secondary N) is 2. The third kappa shape index (κ3) is 11.7. The number of rotatable bonds is 12. The first kappa shape index (κ1) is 39.2. The quantitative estimate of drug-likeness (QED) is 0.306. The van der Waals surface area contributed by atoms with Crippen molar-refractivity contribution >= 4 is 29.8 Å². The lowest BCUT2D eigenvalue weighted by Crippen LogP contribution is -2.56. The molecule has 0 aromatic heterocycles. The standard InChI is InChI=1S/C39H54N4O8/c1-38(2,3)50-29-19-17-27(18-20-29)24-30(41-37(48)51-39(4,5)6)35(46)43-22-11-15-31(43)34(45)40-28(23-26-13-9-8-10-14-26)25-33(44)42-21-12-16-32(42)36(47)49-7/h8-10,13-14,17-20,28,30-32H,11-12,15-16,21-25H2,1-7H3,(H,40,45)(H,41,48)/t28-,30-,31-,32-/m0/s1. The summed E-state index contributed by atoms with van der Waals surface area (Å²) in [4.78, 5) is 70.1. The van der Waals surface area contributed by atoms with Crippen LogP contribution in [-0.4, -0.2) is 95.2 Å². The Morgan fingerprint density at radius 1 is 0.765 bits per heavy atom. The molecular weight excluding hydrogens is 652 g/mol. The maximum Gasteiger partial charge on any atom is 0.408 e. The van der Waals surface area contributed by atoms with Crippen molar-refractivity contribution in [1.29, 1.82) is 0 Å². The molecule has 2 aromatic carbocycles. The normalized spacial score (nSPS) is 18.8. The van der Waals surface area contributed by atoms with E-state index in [0.29, 0.717) is 50.9 Å². The first-order valence-corrected chi connectivity index (χ1v) is 17.8. The molecule has 2 aliphatic heterocycles. The summed E-state index contributed by atoms with van der Waals surface area (Å²) in [6.45, 7) is 11.9.